The van der Waals surface area contributed by atoms with Gasteiger partial charge in [0.25, 0.3) is 0 Å². The second-order valence-electron chi connectivity index (χ2n) is 3.92. The Labute approximate surface area is 133 Å². The van der Waals surface area contributed by atoms with E-state index in [0.29, 0.717) is 0 Å². The number of nitrogens with zero attached hydrogens (tertiary/aromatic N) is 1. The zero-order chi connectivity index (χ0) is 11.6. The van der Waals surface area contributed by atoms with Gasteiger partial charge < -0.3 is 21.1 Å². The van der Waals surface area contributed by atoms with Crippen molar-refractivity contribution in [2.24, 2.45) is 0 Å². The summed E-state index contributed by atoms with van der Waals surface area (Å²) in [6.45, 7) is 7.16. The van der Waals surface area contributed by atoms with Crippen molar-refractivity contribution in [1.82, 2.24) is 20.9 Å². The van der Waals surface area contributed by atoms with Crippen molar-refractivity contribution in [3.05, 3.63) is 0 Å². The molecule has 1 aliphatic heterocycles. The van der Waals surface area contributed by atoms with E-state index in [2.05, 4.69) is 16.0 Å². The molecule has 1 aliphatic rings. The van der Waals surface area contributed by atoms with Crippen molar-refractivity contribution < 1.29 is 48.1 Å². The molecule has 1 rings (SSSR count). The molecule has 0 unspecified atom stereocenters. The van der Waals surface area contributed by atoms with Crippen LogP contribution in [0.5, 0.6) is 0 Å². The number of hydrogen-bond acceptors (Lipinski definition) is 5. The maximum atomic E-state index is 10.6. The third-order valence-electron chi connectivity index (χ3n) is 2.53. The summed E-state index contributed by atoms with van der Waals surface area (Å²) in [4.78, 5) is 12.6. The number of carbonyl (C=O) groups is 1. The van der Waals surface area contributed by atoms with Crippen molar-refractivity contribution in [3.8, 4) is 0 Å². The van der Waals surface area contributed by atoms with Crippen LogP contribution in [0.3, 0.4) is 0 Å². The number of carboxylic acids is 1. The topological polar surface area (TPSA) is 76.6 Å². The van der Waals surface area contributed by atoms with E-state index in [0.717, 1.165) is 52.4 Å². The quantitative estimate of drug-likeness (QED) is 0.442. The molecular weight excluding hydrogens is 371 g/mol. The standard InChI is InChI=1S/C10H22N4O2.Dy/c15-10(16)9-14-7-5-12-3-1-11-2-4-13-6-8-14;/h11-13H,1-9H2,(H,15,16);. The number of rotatable bonds is 2. The number of aliphatic carboxylic acids is 1. The van der Waals surface area contributed by atoms with Gasteiger partial charge in [0.1, 0.15) is 0 Å². The molecule has 1 saturated heterocycles. The van der Waals surface area contributed by atoms with Crippen LogP contribution in [0.2, 0.25) is 0 Å². The van der Waals surface area contributed by atoms with Crippen LogP contribution in [-0.2, 0) is 4.79 Å². The van der Waals surface area contributed by atoms with Gasteiger partial charge in [0, 0.05) is 90.5 Å². The third kappa shape index (κ3) is 10.2. The van der Waals surface area contributed by atoms with E-state index in [1.807, 2.05) is 4.90 Å². The van der Waals surface area contributed by atoms with E-state index in [4.69, 9.17) is 5.11 Å². The number of carboxylic acid groups (broad SMARTS) is 1. The van der Waals surface area contributed by atoms with Gasteiger partial charge in [0.15, 0.2) is 0 Å². The van der Waals surface area contributed by atoms with Crippen LogP contribution in [-0.4, -0.2) is 74.9 Å². The Hall–Kier alpha value is 0.583. The summed E-state index contributed by atoms with van der Waals surface area (Å²) in [7, 11) is 0. The smallest absolute Gasteiger partial charge is 0.317 e. The fraction of sp³-hybridized carbons (Fsp3) is 0.900. The molecule has 0 aromatic heterocycles. The van der Waals surface area contributed by atoms with Crippen LogP contribution in [0.1, 0.15) is 0 Å². The molecule has 0 saturated carbocycles. The Balaban J connectivity index is 0.00000256. The van der Waals surface area contributed by atoms with Crippen LogP contribution in [0, 0.1) is 38.2 Å². The molecule has 1 heterocycles. The summed E-state index contributed by atoms with van der Waals surface area (Å²) in [5.41, 5.74) is 0. The Morgan fingerprint density at radius 2 is 1.35 bits per heavy atom. The van der Waals surface area contributed by atoms with Gasteiger partial charge in [0.05, 0.1) is 6.54 Å². The van der Waals surface area contributed by atoms with Crippen LogP contribution >= 0.6 is 0 Å². The Morgan fingerprint density at radius 1 is 0.941 bits per heavy atom. The second kappa shape index (κ2) is 11.7. The average molecular weight is 393 g/mol. The van der Waals surface area contributed by atoms with Gasteiger partial charge in [-0.2, -0.15) is 0 Å². The summed E-state index contributed by atoms with van der Waals surface area (Å²) in [5.74, 6) is -0.756. The van der Waals surface area contributed by atoms with E-state index in [1.54, 1.807) is 0 Å². The van der Waals surface area contributed by atoms with Crippen molar-refractivity contribution >= 4 is 5.97 Å². The van der Waals surface area contributed by atoms with Crippen molar-refractivity contribution in [2.75, 3.05) is 58.9 Å². The van der Waals surface area contributed by atoms with E-state index in [9.17, 15) is 4.79 Å². The zero-order valence-corrected chi connectivity index (χ0v) is 12.0. The maximum Gasteiger partial charge on any atom is 0.317 e. The largest absolute Gasteiger partial charge is 0.480 e. The van der Waals surface area contributed by atoms with Crippen LogP contribution in [0.15, 0.2) is 0 Å². The van der Waals surface area contributed by atoms with Gasteiger partial charge in [-0.25, -0.2) is 0 Å². The van der Waals surface area contributed by atoms with Gasteiger partial charge in [-0.1, -0.05) is 0 Å². The first-order chi connectivity index (χ1) is 7.79. The third-order valence-corrected chi connectivity index (χ3v) is 2.53. The van der Waals surface area contributed by atoms with Crippen molar-refractivity contribution in [3.63, 3.8) is 0 Å². The van der Waals surface area contributed by atoms with E-state index >= 15 is 0 Å². The molecule has 0 amide bonds. The SMILES string of the molecule is O=C(O)CN1CCNCCNCCNCC1.[Dy]. The molecule has 17 heavy (non-hydrogen) atoms. The fourth-order valence-electron chi connectivity index (χ4n) is 1.66. The van der Waals surface area contributed by atoms with Crippen molar-refractivity contribution in [2.45, 2.75) is 0 Å². The molecule has 0 aromatic carbocycles. The summed E-state index contributed by atoms with van der Waals surface area (Å²) >= 11 is 0. The minimum atomic E-state index is -0.756. The molecular formula is C10H22DyN4O2. The Bertz CT molecular complexity index is 195. The van der Waals surface area contributed by atoms with Crippen LogP contribution < -0.4 is 16.0 Å². The number of nitrogens with one attached hydrogen (secondary N) is 3. The molecule has 104 valence electrons. The average Bonchev–Trinajstić information content (AvgIpc) is 2.21. The molecule has 0 radical (unpaired) electrons. The minimum absolute atomic E-state index is 0. The Morgan fingerprint density at radius 3 is 1.76 bits per heavy atom. The Kier molecular flexibility index (Phi) is 12.1. The summed E-state index contributed by atoms with van der Waals surface area (Å²) in [6, 6.07) is 0. The summed E-state index contributed by atoms with van der Waals surface area (Å²) < 4.78 is 0. The first kappa shape index (κ1) is 17.6. The zero-order valence-electron chi connectivity index (χ0n) is 9.98. The molecule has 0 bridgehead atoms. The van der Waals surface area contributed by atoms with Gasteiger partial charge in [-0.3, -0.25) is 9.69 Å². The predicted octanol–water partition coefficient (Wildman–Crippen LogP) is -1.84. The van der Waals surface area contributed by atoms with Gasteiger partial charge >= 0.3 is 5.97 Å². The van der Waals surface area contributed by atoms with Gasteiger partial charge in [-0.05, 0) is 0 Å². The maximum absolute atomic E-state index is 10.6. The summed E-state index contributed by atoms with van der Waals surface area (Å²) in [6.07, 6.45) is 0. The normalized spacial score (nSPS) is 20.7. The molecule has 0 aliphatic carbocycles. The van der Waals surface area contributed by atoms with Crippen LogP contribution in [0.4, 0.5) is 0 Å². The molecule has 1 fully saturated rings. The molecule has 0 spiro atoms. The minimum Gasteiger partial charge on any atom is -0.480 e. The summed E-state index contributed by atoms with van der Waals surface area (Å²) in [5, 5.41) is 18.7. The van der Waals surface area contributed by atoms with Crippen LogP contribution in [0.25, 0.3) is 0 Å². The molecule has 0 aromatic rings. The van der Waals surface area contributed by atoms with E-state index < -0.39 is 5.97 Å². The van der Waals surface area contributed by atoms with E-state index in [1.165, 1.54) is 0 Å². The number of hydrogen-bond donors (Lipinski definition) is 4. The molecule has 6 nitrogen and oxygen atoms in total. The predicted molar refractivity (Wildman–Crippen MR) is 62.7 cm³/mol. The van der Waals surface area contributed by atoms with Gasteiger partial charge in [-0.15, -0.1) is 0 Å². The van der Waals surface area contributed by atoms with Crippen molar-refractivity contribution in [1.29, 1.82) is 0 Å². The molecule has 0 atom stereocenters. The first-order valence-corrected chi connectivity index (χ1v) is 5.85. The monoisotopic (exact) mass is 394 g/mol. The van der Waals surface area contributed by atoms with E-state index in [-0.39, 0.29) is 44.7 Å². The second-order valence-corrected chi connectivity index (χ2v) is 3.92. The molecule has 7 heteroatoms. The first-order valence-electron chi connectivity index (χ1n) is 5.85. The molecule has 4 N–H and O–H groups in total. The van der Waals surface area contributed by atoms with Gasteiger partial charge in [0.2, 0.25) is 0 Å². The fourth-order valence-corrected chi connectivity index (χ4v) is 1.66.